The van der Waals surface area contributed by atoms with Gasteiger partial charge in [-0.25, -0.2) is 0 Å². The lowest BCUT2D eigenvalue weighted by molar-refractivity contribution is 0.102. The Kier molecular flexibility index (Phi) is 3.51. The Morgan fingerprint density at radius 3 is 2.42 bits per heavy atom. The third kappa shape index (κ3) is 2.73. The van der Waals surface area contributed by atoms with Gasteiger partial charge in [0.15, 0.2) is 0 Å². The fraction of sp³-hybridized carbons (Fsp3) is 0.200. The molecule has 1 aromatic heterocycles. The van der Waals surface area contributed by atoms with Crippen LogP contribution >= 0.6 is 0 Å². The highest BCUT2D eigenvalue weighted by Crippen LogP contribution is 2.23. The molecule has 4 heteroatoms. The smallest absolute Gasteiger partial charge is 0.259 e. The molecular formula is C15H17N3O. The van der Waals surface area contributed by atoms with Crippen LogP contribution in [0.25, 0.3) is 0 Å². The summed E-state index contributed by atoms with van der Waals surface area (Å²) in [5, 5.41) is 2.90. The molecule has 1 aromatic carbocycles. The maximum atomic E-state index is 12.2. The second-order valence-corrected chi connectivity index (χ2v) is 4.69. The molecule has 3 N–H and O–H groups in total. The van der Waals surface area contributed by atoms with E-state index in [9.17, 15) is 4.79 Å². The van der Waals surface area contributed by atoms with Crippen LogP contribution in [-0.4, -0.2) is 10.9 Å². The number of aromatic nitrogens is 1. The predicted octanol–water partition coefficient (Wildman–Crippen LogP) is 2.84. The molecule has 0 bridgehead atoms. The molecule has 1 heterocycles. The van der Waals surface area contributed by atoms with E-state index in [2.05, 4.69) is 10.3 Å². The SMILES string of the molecule is Cc1cc(C)c(NC(=O)c2cnccc2N)c(C)c1. The highest BCUT2D eigenvalue weighted by molar-refractivity contribution is 6.08. The van der Waals surface area contributed by atoms with Crippen molar-refractivity contribution in [1.29, 1.82) is 0 Å². The highest BCUT2D eigenvalue weighted by atomic mass is 16.1. The molecule has 0 saturated heterocycles. The van der Waals surface area contributed by atoms with Crippen molar-refractivity contribution in [2.45, 2.75) is 20.8 Å². The van der Waals surface area contributed by atoms with Gasteiger partial charge < -0.3 is 11.1 Å². The van der Waals surface area contributed by atoms with Crippen LogP contribution in [-0.2, 0) is 0 Å². The minimum absolute atomic E-state index is 0.236. The summed E-state index contributed by atoms with van der Waals surface area (Å²) in [6.07, 6.45) is 3.04. The Morgan fingerprint density at radius 1 is 1.21 bits per heavy atom. The number of nitrogen functional groups attached to an aromatic ring is 1. The van der Waals surface area contributed by atoms with E-state index < -0.39 is 0 Å². The molecule has 19 heavy (non-hydrogen) atoms. The van der Waals surface area contributed by atoms with Crippen molar-refractivity contribution in [3.8, 4) is 0 Å². The summed E-state index contributed by atoms with van der Waals surface area (Å²) in [5.41, 5.74) is 10.7. The van der Waals surface area contributed by atoms with Crippen LogP contribution in [0.1, 0.15) is 27.0 Å². The van der Waals surface area contributed by atoms with Crippen LogP contribution in [0.3, 0.4) is 0 Å². The van der Waals surface area contributed by atoms with Gasteiger partial charge >= 0.3 is 0 Å². The lowest BCUT2D eigenvalue weighted by atomic mass is 10.0. The van der Waals surface area contributed by atoms with E-state index in [1.165, 1.54) is 11.8 Å². The minimum atomic E-state index is -0.236. The zero-order chi connectivity index (χ0) is 14.0. The third-order valence-electron chi connectivity index (χ3n) is 3.01. The molecule has 0 spiro atoms. The van der Waals surface area contributed by atoms with Crippen molar-refractivity contribution in [1.82, 2.24) is 4.98 Å². The van der Waals surface area contributed by atoms with E-state index in [1.807, 2.05) is 32.9 Å². The summed E-state index contributed by atoms with van der Waals surface area (Å²) in [6, 6.07) is 5.69. The Balaban J connectivity index is 2.32. The molecular weight excluding hydrogens is 238 g/mol. The molecule has 0 unspecified atom stereocenters. The zero-order valence-electron chi connectivity index (χ0n) is 11.3. The summed E-state index contributed by atoms with van der Waals surface area (Å²) < 4.78 is 0. The quantitative estimate of drug-likeness (QED) is 0.867. The topological polar surface area (TPSA) is 68.0 Å². The first-order valence-electron chi connectivity index (χ1n) is 6.07. The maximum absolute atomic E-state index is 12.2. The monoisotopic (exact) mass is 255 g/mol. The predicted molar refractivity (Wildman–Crippen MR) is 77.3 cm³/mol. The number of benzene rings is 1. The first kappa shape index (κ1) is 13.1. The number of carbonyl (C=O) groups excluding carboxylic acids is 1. The molecule has 0 fully saturated rings. The van der Waals surface area contributed by atoms with Crippen LogP contribution in [0.2, 0.25) is 0 Å². The van der Waals surface area contributed by atoms with Crippen LogP contribution in [0, 0.1) is 20.8 Å². The van der Waals surface area contributed by atoms with Crippen molar-refractivity contribution in [3.05, 3.63) is 52.8 Å². The fourth-order valence-electron chi connectivity index (χ4n) is 2.15. The average molecular weight is 255 g/mol. The number of hydrogen-bond acceptors (Lipinski definition) is 3. The van der Waals surface area contributed by atoms with Gasteiger partial charge in [0.05, 0.1) is 5.56 Å². The Labute approximate surface area is 112 Å². The van der Waals surface area contributed by atoms with Crippen molar-refractivity contribution in [2.75, 3.05) is 11.1 Å². The van der Waals surface area contributed by atoms with E-state index >= 15 is 0 Å². The Bertz CT molecular complexity index is 612. The highest BCUT2D eigenvalue weighted by Gasteiger charge is 2.12. The number of nitrogens with one attached hydrogen (secondary N) is 1. The maximum Gasteiger partial charge on any atom is 0.259 e. The molecule has 0 atom stereocenters. The van der Waals surface area contributed by atoms with Gasteiger partial charge in [-0.1, -0.05) is 17.7 Å². The number of nitrogens with two attached hydrogens (primary N) is 1. The van der Waals surface area contributed by atoms with Gasteiger partial charge in [-0.05, 0) is 38.0 Å². The first-order chi connectivity index (χ1) is 8.99. The molecule has 2 aromatic rings. The van der Waals surface area contributed by atoms with Crippen molar-refractivity contribution in [2.24, 2.45) is 0 Å². The Morgan fingerprint density at radius 2 is 1.84 bits per heavy atom. The molecule has 0 aliphatic rings. The molecule has 2 rings (SSSR count). The van der Waals surface area contributed by atoms with Gasteiger partial charge in [-0.2, -0.15) is 0 Å². The van der Waals surface area contributed by atoms with E-state index in [4.69, 9.17) is 5.73 Å². The molecule has 0 aliphatic carbocycles. The molecule has 0 radical (unpaired) electrons. The van der Waals surface area contributed by atoms with Crippen LogP contribution in [0.15, 0.2) is 30.6 Å². The summed E-state index contributed by atoms with van der Waals surface area (Å²) in [7, 11) is 0. The summed E-state index contributed by atoms with van der Waals surface area (Å²) in [6.45, 7) is 5.98. The number of carbonyl (C=O) groups is 1. The first-order valence-corrected chi connectivity index (χ1v) is 6.07. The second-order valence-electron chi connectivity index (χ2n) is 4.69. The lowest BCUT2D eigenvalue weighted by Gasteiger charge is -2.13. The largest absolute Gasteiger partial charge is 0.398 e. The number of amides is 1. The summed E-state index contributed by atoms with van der Waals surface area (Å²) in [5.74, 6) is -0.236. The minimum Gasteiger partial charge on any atom is -0.398 e. The van der Waals surface area contributed by atoms with Gasteiger partial charge in [0.25, 0.3) is 5.91 Å². The molecule has 1 amide bonds. The lowest BCUT2D eigenvalue weighted by Crippen LogP contribution is -2.16. The van der Waals surface area contributed by atoms with Gasteiger partial charge in [0, 0.05) is 23.8 Å². The van der Waals surface area contributed by atoms with Crippen LogP contribution in [0.4, 0.5) is 11.4 Å². The zero-order valence-corrected chi connectivity index (χ0v) is 11.3. The van der Waals surface area contributed by atoms with E-state index in [1.54, 1.807) is 12.3 Å². The number of nitrogens with zero attached hydrogens (tertiary/aromatic N) is 1. The number of aryl methyl sites for hydroxylation is 3. The molecule has 0 aliphatic heterocycles. The van der Waals surface area contributed by atoms with Crippen LogP contribution < -0.4 is 11.1 Å². The number of anilines is 2. The number of hydrogen-bond donors (Lipinski definition) is 2. The van der Waals surface area contributed by atoms with Gasteiger partial charge in [0.1, 0.15) is 0 Å². The number of rotatable bonds is 2. The van der Waals surface area contributed by atoms with Crippen LogP contribution in [0.5, 0.6) is 0 Å². The van der Waals surface area contributed by atoms with Crippen molar-refractivity contribution >= 4 is 17.3 Å². The Hall–Kier alpha value is -2.36. The van der Waals surface area contributed by atoms with Gasteiger partial charge in [-0.15, -0.1) is 0 Å². The normalized spacial score (nSPS) is 10.3. The van der Waals surface area contributed by atoms with Crippen molar-refractivity contribution in [3.63, 3.8) is 0 Å². The van der Waals surface area contributed by atoms with E-state index in [0.29, 0.717) is 11.3 Å². The van der Waals surface area contributed by atoms with E-state index in [-0.39, 0.29) is 5.91 Å². The summed E-state index contributed by atoms with van der Waals surface area (Å²) in [4.78, 5) is 16.1. The average Bonchev–Trinajstić information content (AvgIpc) is 2.34. The van der Waals surface area contributed by atoms with E-state index in [0.717, 1.165) is 16.8 Å². The fourth-order valence-corrected chi connectivity index (χ4v) is 2.15. The molecule has 0 saturated carbocycles. The molecule has 4 nitrogen and oxygen atoms in total. The summed E-state index contributed by atoms with van der Waals surface area (Å²) >= 11 is 0. The standard InChI is InChI=1S/C15H17N3O/c1-9-6-10(2)14(11(3)7-9)18-15(19)12-8-17-5-4-13(12)16/h4-8H,1-3H3,(H2,16,17)(H,18,19). The van der Waals surface area contributed by atoms with Crippen molar-refractivity contribution < 1.29 is 4.79 Å². The second kappa shape index (κ2) is 5.10. The van der Waals surface area contributed by atoms with Gasteiger partial charge in [0.2, 0.25) is 0 Å². The molecule has 98 valence electrons. The third-order valence-corrected chi connectivity index (χ3v) is 3.01. The number of pyridine rings is 1. The van der Waals surface area contributed by atoms with Gasteiger partial charge in [-0.3, -0.25) is 9.78 Å².